The number of nitrogens with zero attached hydrogens (tertiary/aromatic N) is 4. The number of rotatable bonds is 7. The Labute approximate surface area is 204 Å². The van der Waals surface area contributed by atoms with Crippen LogP contribution in [0.1, 0.15) is 18.0 Å². The molecule has 0 fully saturated rings. The molecule has 1 N–H and O–H groups in total. The molecule has 34 heavy (non-hydrogen) atoms. The largest absolute Gasteiger partial charge is 0.497 e. The van der Waals surface area contributed by atoms with E-state index in [-0.39, 0.29) is 23.9 Å². The summed E-state index contributed by atoms with van der Waals surface area (Å²) in [6.07, 6.45) is 2.45. The zero-order chi connectivity index (χ0) is 23.7. The van der Waals surface area contributed by atoms with Crippen molar-refractivity contribution in [3.8, 4) is 11.4 Å². The quantitative estimate of drug-likeness (QED) is 0.394. The number of carbonyl (C=O) groups is 1. The Balaban J connectivity index is 1.30. The molecule has 1 aliphatic heterocycles. The fraction of sp³-hybridized carbons (Fsp3) is 0.250. The molecule has 8 nitrogen and oxygen atoms in total. The van der Waals surface area contributed by atoms with E-state index in [9.17, 15) is 9.59 Å². The molecule has 0 spiro atoms. The van der Waals surface area contributed by atoms with Crippen LogP contribution in [0.3, 0.4) is 0 Å². The van der Waals surface area contributed by atoms with Gasteiger partial charge in [-0.05, 0) is 48.4 Å². The van der Waals surface area contributed by atoms with Gasteiger partial charge in [-0.15, -0.1) is 0 Å². The van der Waals surface area contributed by atoms with Crippen LogP contribution >= 0.6 is 23.4 Å². The third kappa shape index (κ3) is 4.41. The van der Waals surface area contributed by atoms with Gasteiger partial charge in [0, 0.05) is 23.7 Å². The van der Waals surface area contributed by atoms with Gasteiger partial charge in [0.05, 0.1) is 25.0 Å². The predicted octanol–water partition coefficient (Wildman–Crippen LogP) is 3.64. The van der Waals surface area contributed by atoms with Crippen molar-refractivity contribution in [2.24, 2.45) is 0 Å². The normalized spacial score (nSPS) is 14.8. The van der Waals surface area contributed by atoms with Crippen LogP contribution in [0.5, 0.6) is 5.75 Å². The van der Waals surface area contributed by atoms with Gasteiger partial charge in [-0.2, -0.15) is 5.10 Å². The lowest BCUT2D eigenvalue weighted by Crippen LogP contribution is -2.31. The molecular weight excluding hydrogens is 474 g/mol. The lowest BCUT2D eigenvalue weighted by Gasteiger charge is -2.13. The van der Waals surface area contributed by atoms with E-state index in [4.69, 9.17) is 21.3 Å². The summed E-state index contributed by atoms with van der Waals surface area (Å²) in [4.78, 5) is 30.6. The Morgan fingerprint density at radius 1 is 1.26 bits per heavy atom. The summed E-state index contributed by atoms with van der Waals surface area (Å²) in [5, 5.41) is 8.97. The average Bonchev–Trinajstić information content (AvgIpc) is 3.45. The topological polar surface area (TPSA) is 91.0 Å². The first-order valence-electron chi connectivity index (χ1n) is 10.8. The Morgan fingerprint density at radius 3 is 2.88 bits per heavy atom. The van der Waals surface area contributed by atoms with Gasteiger partial charge < -0.3 is 10.1 Å². The average molecular weight is 496 g/mol. The van der Waals surface area contributed by atoms with Crippen LogP contribution in [0.4, 0.5) is 0 Å². The molecule has 1 aliphatic rings. The zero-order valence-corrected chi connectivity index (χ0v) is 20.0. The summed E-state index contributed by atoms with van der Waals surface area (Å²) in [6.45, 7) is 0.513. The highest BCUT2D eigenvalue weighted by Crippen LogP contribution is 2.33. The molecule has 1 unspecified atom stereocenters. The molecule has 4 aromatic rings. The van der Waals surface area contributed by atoms with E-state index in [1.165, 1.54) is 18.0 Å². The molecule has 0 radical (unpaired) electrons. The summed E-state index contributed by atoms with van der Waals surface area (Å²) >= 11 is 7.46. The van der Waals surface area contributed by atoms with Crippen molar-refractivity contribution < 1.29 is 9.53 Å². The second-order valence-electron chi connectivity index (χ2n) is 7.96. The van der Waals surface area contributed by atoms with Gasteiger partial charge in [-0.3, -0.25) is 14.2 Å². The van der Waals surface area contributed by atoms with Crippen molar-refractivity contribution in [1.29, 1.82) is 0 Å². The molecule has 0 saturated carbocycles. The monoisotopic (exact) mass is 495 g/mol. The zero-order valence-electron chi connectivity index (χ0n) is 18.4. The Kier molecular flexibility index (Phi) is 6.30. The Morgan fingerprint density at radius 2 is 2.09 bits per heavy atom. The maximum Gasteiger partial charge on any atom is 0.265 e. The van der Waals surface area contributed by atoms with Crippen LogP contribution in [0.25, 0.3) is 16.7 Å². The minimum atomic E-state index is -0.250. The molecule has 0 bridgehead atoms. The number of methoxy groups -OCH3 is 1. The molecule has 5 rings (SSSR count). The van der Waals surface area contributed by atoms with Crippen LogP contribution in [0, 0.1) is 0 Å². The van der Waals surface area contributed by atoms with Crippen LogP contribution in [0.2, 0.25) is 5.02 Å². The van der Waals surface area contributed by atoms with Gasteiger partial charge in [0.2, 0.25) is 5.91 Å². The third-order valence-corrected chi connectivity index (χ3v) is 7.08. The molecule has 0 saturated heterocycles. The fourth-order valence-electron chi connectivity index (χ4n) is 4.01. The number of ether oxygens (including phenoxy) is 1. The third-order valence-electron chi connectivity index (χ3n) is 5.73. The number of halogens is 1. The van der Waals surface area contributed by atoms with E-state index in [1.54, 1.807) is 28.5 Å². The van der Waals surface area contributed by atoms with E-state index < -0.39 is 0 Å². The molecule has 2 aromatic carbocycles. The van der Waals surface area contributed by atoms with Crippen molar-refractivity contribution in [3.05, 3.63) is 75.7 Å². The molecular formula is C24H22ClN5O3S. The lowest BCUT2D eigenvalue weighted by molar-refractivity contribution is -0.121. The minimum absolute atomic E-state index is 0.0924. The number of benzene rings is 2. The summed E-state index contributed by atoms with van der Waals surface area (Å²) in [7, 11) is 1.63. The van der Waals surface area contributed by atoms with Gasteiger partial charge in [0.15, 0.2) is 10.8 Å². The highest BCUT2D eigenvalue weighted by atomic mass is 35.5. The molecule has 174 valence electrons. The van der Waals surface area contributed by atoms with Gasteiger partial charge in [-0.25, -0.2) is 9.67 Å². The number of thioether (sulfide) groups is 1. The highest BCUT2D eigenvalue weighted by Gasteiger charge is 2.29. The molecule has 3 heterocycles. The number of aromatic nitrogens is 4. The van der Waals surface area contributed by atoms with E-state index in [2.05, 4.69) is 10.4 Å². The van der Waals surface area contributed by atoms with Crippen LogP contribution in [-0.2, 0) is 11.2 Å². The van der Waals surface area contributed by atoms with Crippen LogP contribution in [0.15, 0.2) is 64.7 Å². The summed E-state index contributed by atoms with van der Waals surface area (Å²) in [5.74, 6) is 1.32. The Hall–Kier alpha value is -3.30. The predicted molar refractivity (Wildman–Crippen MR) is 132 cm³/mol. The van der Waals surface area contributed by atoms with Gasteiger partial charge in [0.25, 0.3) is 5.56 Å². The number of carbonyl (C=O) groups excluding carboxylic acids is 1. The van der Waals surface area contributed by atoms with Crippen molar-refractivity contribution in [2.45, 2.75) is 24.0 Å². The molecule has 10 heteroatoms. The van der Waals surface area contributed by atoms with Gasteiger partial charge in [0.1, 0.15) is 11.1 Å². The standard InChI is InChI=1S/C24H22ClN5O3S/c1-33-19-4-2-3-15(11-19)9-10-26-21(31)12-18-14-34-24-28-22-20(23(32)29(18)24)13-27-30(22)17-7-5-16(25)6-8-17/h2-8,11,13,18H,9-10,12,14H2,1H3,(H,26,31). The molecule has 1 amide bonds. The first kappa shape index (κ1) is 22.5. The first-order chi connectivity index (χ1) is 16.5. The lowest BCUT2D eigenvalue weighted by atomic mass is 10.1. The van der Waals surface area contributed by atoms with Crippen LogP contribution < -0.4 is 15.6 Å². The minimum Gasteiger partial charge on any atom is -0.497 e. The van der Waals surface area contributed by atoms with E-state index >= 15 is 0 Å². The smallest absolute Gasteiger partial charge is 0.265 e. The van der Waals surface area contributed by atoms with Gasteiger partial charge in [-0.1, -0.05) is 35.5 Å². The van der Waals surface area contributed by atoms with Crippen molar-refractivity contribution in [1.82, 2.24) is 24.6 Å². The second-order valence-corrected chi connectivity index (χ2v) is 9.38. The van der Waals surface area contributed by atoms with E-state index in [0.717, 1.165) is 17.0 Å². The summed E-state index contributed by atoms with van der Waals surface area (Å²) in [6, 6.07) is 14.7. The Bertz CT molecular complexity index is 1420. The SMILES string of the molecule is COc1cccc(CCNC(=O)CC2CSc3nc4c(cnn4-c4ccc(Cl)cc4)c(=O)n32)c1. The number of hydrogen-bond donors (Lipinski definition) is 1. The highest BCUT2D eigenvalue weighted by molar-refractivity contribution is 7.99. The number of fused-ring (bicyclic) bond motifs is 2. The van der Waals surface area contributed by atoms with Crippen LogP contribution in [-0.4, -0.2) is 44.6 Å². The first-order valence-corrected chi connectivity index (χ1v) is 12.2. The summed E-state index contributed by atoms with van der Waals surface area (Å²) in [5.41, 5.74) is 2.17. The molecule has 0 aliphatic carbocycles. The number of nitrogens with one attached hydrogen (secondary N) is 1. The summed E-state index contributed by atoms with van der Waals surface area (Å²) < 4.78 is 8.50. The second kappa shape index (κ2) is 9.52. The van der Waals surface area contributed by atoms with E-state index in [1.807, 2.05) is 36.4 Å². The number of amides is 1. The van der Waals surface area contributed by atoms with Gasteiger partial charge >= 0.3 is 0 Å². The van der Waals surface area contributed by atoms with Crippen molar-refractivity contribution >= 4 is 40.3 Å². The van der Waals surface area contributed by atoms with E-state index in [0.29, 0.717) is 39.9 Å². The molecule has 1 atom stereocenters. The molecule has 2 aromatic heterocycles. The maximum absolute atomic E-state index is 13.3. The van der Waals surface area contributed by atoms with Crippen molar-refractivity contribution in [2.75, 3.05) is 19.4 Å². The number of hydrogen-bond acceptors (Lipinski definition) is 6. The fourth-order valence-corrected chi connectivity index (χ4v) is 5.27. The maximum atomic E-state index is 13.3. The van der Waals surface area contributed by atoms with Crippen molar-refractivity contribution in [3.63, 3.8) is 0 Å².